The van der Waals surface area contributed by atoms with Gasteiger partial charge in [0.05, 0.1) is 0 Å². The molecule has 3 rings (SSSR count). The summed E-state index contributed by atoms with van der Waals surface area (Å²) < 4.78 is 5.54. The van der Waals surface area contributed by atoms with Gasteiger partial charge in [0, 0.05) is 22.0 Å². The molecule has 0 aliphatic carbocycles. The third-order valence-electron chi connectivity index (χ3n) is 4.41. The lowest BCUT2D eigenvalue weighted by molar-refractivity contribution is -0.118. The van der Waals surface area contributed by atoms with Gasteiger partial charge >= 0.3 is 0 Å². The topological polar surface area (TPSA) is 67.4 Å². The van der Waals surface area contributed by atoms with Crippen molar-refractivity contribution in [3.63, 3.8) is 0 Å². The van der Waals surface area contributed by atoms with Crippen molar-refractivity contribution in [3.05, 3.63) is 88.9 Å². The predicted molar refractivity (Wildman–Crippen MR) is 121 cm³/mol. The normalized spacial score (nSPS) is 10.5. The zero-order valence-electron chi connectivity index (χ0n) is 16.8. The van der Waals surface area contributed by atoms with Gasteiger partial charge in [-0.25, -0.2) is 0 Å². The number of nitrogens with one attached hydrogen (secondary N) is 2. The fraction of sp³-hybridized carbons (Fsp3) is 0.167. The van der Waals surface area contributed by atoms with Crippen LogP contribution in [-0.2, 0) is 4.79 Å². The van der Waals surface area contributed by atoms with Crippen LogP contribution in [0.5, 0.6) is 5.75 Å². The molecule has 0 aromatic heterocycles. The minimum Gasteiger partial charge on any atom is -0.484 e. The van der Waals surface area contributed by atoms with E-state index < -0.39 is 0 Å². The van der Waals surface area contributed by atoms with Crippen LogP contribution in [0, 0.1) is 0 Å². The Hall–Kier alpha value is -3.31. The van der Waals surface area contributed by atoms with E-state index >= 15 is 0 Å². The van der Waals surface area contributed by atoms with Gasteiger partial charge in [0.2, 0.25) is 0 Å². The van der Waals surface area contributed by atoms with Crippen LogP contribution in [0.1, 0.15) is 35.7 Å². The van der Waals surface area contributed by atoms with Gasteiger partial charge in [-0.2, -0.15) is 0 Å². The maximum absolute atomic E-state index is 12.3. The van der Waals surface area contributed by atoms with E-state index in [1.807, 2.05) is 24.3 Å². The summed E-state index contributed by atoms with van der Waals surface area (Å²) in [4.78, 5) is 24.6. The second kappa shape index (κ2) is 9.94. The van der Waals surface area contributed by atoms with E-state index in [1.165, 1.54) is 5.56 Å². The van der Waals surface area contributed by atoms with E-state index in [9.17, 15) is 9.59 Å². The smallest absolute Gasteiger partial charge is 0.262 e. The van der Waals surface area contributed by atoms with Crippen molar-refractivity contribution in [1.82, 2.24) is 0 Å². The lowest BCUT2D eigenvalue weighted by Gasteiger charge is -2.11. The molecule has 0 bridgehead atoms. The number of hydrogen-bond acceptors (Lipinski definition) is 3. The van der Waals surface area contributed by atoms with Crippen LogP contribution in [0.3, 0.4) is 0 Å². The van der Waals surface area contributed by atoms with Crippen molar-refractivity contribution in [2.75, 3.05) is 17.2 Å². The lowest BCUT2D eigenvalue weighted by Crippen LogP contribution is -2.20. The van der Waals surface area contributed by atoms with Crippen molar-refractivity contribution in [2.24, 2.45) is 0 Å². The molecule has 0 unspecified atom stereocenters. The number of benzene rings is 3. The SMILES string of the molecule is CC(C)c1ccc(OCC(=O)Nc2cccc(NC(=O)c3cccc(Cl)c3)c2)cc1. The maximum Gasteiger partial charge on any atom is 0.262 e. The summed E-state index contributed by atoms with van der Waals surface area (Å²) in [6, 6.07) is 21.3. The molecular formula is C24H23ClN2O3. The monoisotopic (exact) mass is 422 g/mol. The van der Waals surface area contributed by atoms with Crippen molar-refractivity contribution in [1.29, 1.82) is 0 Å². The molecule has 5 nitrogen and oxygen atoms in total. The van der Waals surface area contributed by atoms with Crippen LogP contribution in [-0.4, -0.2) is 18.4 Å². The Balaban J connectivity index is 1.55. The number of carbonyl (C=O) groups excluding carboxylic acids is 2. The van der Waals surface area contributed by atoms with Gasteiger partial charge in [-0.3, -0.25) is 9.59 Å². The summed E-state index contributed by atoms with van der Waals surface area (Å²) in [6.07, 6.45) is 0. The van der Waals surface area contributed by atoms with Gasteiger partial charge in [0.1, 0.15) is 5.75 Å². The highest BCUT2D eigenvalue weighted by atomic mass is 35.5. The second-order valence-corrected chi connectivity index (χ2v) is 7.54. The Labute approximate surface area is 181 Å². The van der Waals surface area contributed by atoms with Gasteiger partial charge in [-0.05, 0) is 60.0 Å². The quantitative estimate of drug-likeness (QED) is 0.510. The highest BCUT2D eigenvalue weighted by molar-refractivity contribution is 6.31. The summed E-state index contributed by atoms with van der Waals surface area (Å²) in [5, 5.41) is 6.05. The van der Waals surface area contributed by atoms with Crippen LogP contribution in [0.4, 0.5) is 11.4 Å². The second-order valence-electron chi connectivity index (χ2n) is 7.11. The third kappa shape index (κ3) is 6.09. The van der Waals surface area contributed by atoms with Gasteiger partial charge < -0.3 is 15.4 Å². The molecule has 0 radical (unpaired) electrons. The van der Waals surface area contributed by atoms with Crippen molar-refractivity contribution < 1.29 is 14.3 Å². The average Bonchev–Trinajstić information content (AvgIpc) is 2.73. The number of ether oxygens (including phenoxy) is 1. The fourth-order valence-corrected chi connectivity index (χ4v) is 2.99. The minimum absolute atomic E-state index is 0.111. The fourth-order valence-electron chi connectivity index (χ4n) is 2.80. The molecule has 0 atom stereocenters. The molecule has 30 heavy (non-hydrogen) atoms. The molecule has 3 aromatic carbocycles. The van der Waals surface area contributed by atoms with Crippen LogP contribution >= 0.6 is 11.6 Å². The molecule has 0 saturated heterocycles. The summed E-state index contributed by atoms with van der Waals surface area (Å²) in [5.41, 5.74) is 2.78. The summed E-state index contributed by atoms with van der Waals surface area (Å²) in [7, 11) is 0. The molecule has 3 aromatic rings. The number of halogens is 1. The Morgan fingerprint density at radius 2 is 1.57 bits per heavy atom. The van der Waals surface area contributed by atoms with Crippen molar-refractivity contribution in [3.8, 4) is 5.75 Å². The number of anilines is 2. The molecule has 0 heterocycles. The molecule has 0 fully saturated rings. The first-order chi connectivity index (χ1) is 14.4. The van der Waals surface area contributed by atoms with Crippen LogP contribution in [0.15, 0.2) is 72.8 Å². The molecule has 154 valence electrons. The van der Waals surface area contributed by atoms with Crippen LogP contribution in [0.2, 0.25) is 5.02 Å². The first kappa shape index (κ1) is 21.4. The van der Waals surface area contributed by atoms with Gasteiger partial charge in [-0.1, -0.05) is 49.7 Å². The van der Waals surface area contributed by atoms with E-state index in [0.717, 1.165) is 0 Å². The Bertz CT molecular complexity index is 1030. The van der Waals surface area contributed by atoms with E-state index in [-0.39, 0.29) is 18.4 Å². The van der Waals surface area contributed by atoms with E-state index in [4.69, 9.17) is 16.3 Å². The molecule has 6 heteroatoms. The highest BCUT2D eigenvalue weighted by Gasteiger charge is 2.09. The lowest BCUT2D eigenvalue weighted by atomic mass is 10.0. The van der Waals surface area contributed by atoms with Gasteiger partial charge in [-0.15, -0.1) is 0 Å². The molecule has 0 aliphatic heterocycles. The summed E-state index contributed by atoms with van der Waals surface area (Å²) in [5.74, 6) is 0.501. The first-order valence-electron chi connectivity index (χ1n) is 9.60. The molecule has 0 spiro atoms. The minimum atomic E-state index is -0.291. The molecule has 0 saturated carbocycles. The Morgan fingerprint density at radius 1 is 0.900 bits per heavy atom. The average molecular weight is 423 g/mol. The van der Waals surface area contributed by atoms with Crippen LogP contribution < -0.4 is 15.4 Å². The number of carbonyl (C=O) groups is 2. The standard InChI is InChI=1S/C24H23ClN2O3/c1-16(2)17-9-11-22(12-10-17)30-15-23(28)26-20-7-4-8-21(14-20)27-24(29)18-5-3-6-19(25)13-18/h3-14,16H,15H2,1-2H3,(H,26,28)(H,27,29). The maximum atomic E-state index is 12.3. The third-order valence-corrected chi connectivity index (χ3v) is 4.64. The first-order valence-corrected chi connectivity index (χ1v) is 9.98. The summed E-state index contributed by atoms with van der Waals surface area (Å²) >= 11 is 5.93. The zero-order valence-corrected chi connectivity index (χ0v) is 17.6. The molecule has 2 N–H and O–H groups in total. The predicted octanol–water partition coefficient (Wildman–Crippen LogP) is 5.73. The molecular weight excluding hydrogens is 400 g/mol. The van der Waals surface area contributed by atoms with Crippen LogP contribution in [0.25, 0.3) is 0 Å². The largest absolute Gasteiger partial charge is 0.484 e. The van der Waals surface area contributed by atoms with E-state index in [0.29, 0.717) is 33.6 Å². The Kier molecular flexibility index (Phi) is 7.09. The number of amides is 2. The highest BCUT2D eigenvalue weighted by Crippen LogP contribution is 2.19. The summed E-state index contributed by atoms with van der Waals surface area (Å²) in [6.45, 7) is 4.13. The van der Waals surface area contributed by atoms with Gasteiger partial charge in [0.15, 0.2) is 6.61 Å². The Morgan fingerprint density at radius 3 is 2.23 bits per heavy atom. The zero-order chi connectivity index (χ0) is 21.5. The number of rotatable bonds is 7. The molecule has 0 aliphatic rings. The van der Waals surface area contributed by atoms with Crippen molar-refractivity contribution >= 4 is 34.8 Å². The molecule has 2 amide bonds. The van der Waals surface area contributed by atoms with E-state index in [2.05, 4.69) is 24.5 Å². The number of hydrogen-bond donors (Lipinski definition) is 2. The van der Waals surface area contributed by atoms with E-state index in [1.54, 1.807) is 48.5 Å². The van der Waals surface area contributed by atoms with Crippen molar-refractivity contribution in [2.45, 2.75) is 19.8 Å². The van der Waals surface area contributed by atoms with Gasteiger partial charge in [0.25, 0.3) is 11.8 Å².